The van der Waals surface area contributed by atoms with Gasteiger partial charge >= 0.3 is 5.97 Å². The first kappa shape index (κ1) is 7.84. The molecule has 0 aromatic rings. The summed E-state index contributed by atoms with van der Waals surface area (Å²) in [5, 5.41) is 9.13. The third kappa shape index (κ3) is 0.680. The molecule has 0 aromatic heterocycles. The summed E-state index contributed by atoms with van der Waals surface area (Å²) >= 11 is 0. The number of fused-ring (bicyclic) bond motifs is 2. The van der Waals surface area contributed by atoms with Crippen molar-refractivity contribution in [3.63, 3.8) is 0 Å². The van der Waals surface area contributed by atoms with Gasteiger partial charge in [0.1, 0.15) is 0 Å². The normalized spacial score (nSPS) is 50.0. The predicted octanol–water partition coefficient (Wildman–Crippen LogP) is 2.06. The van der Waals surface area contributed by atoms with Crippen LogP contribution in [0.1, 0.15) is 26.7 Å². The van der Waals surface area contributed by atoms with Gasteiger partial charge in [-0.25, -0.2) is 0 Å². The molecule has 1 fully saturated rings. The van der Waals surface area contributed by atoms with E-state index >= 15 is 0 Å². The fourth-order valence-electron chi connectivity index (χ4n) is 2.67. The van der Waals surface area contributed by atoms with Crippen LogP contribution >= 0.6 is 0 Å². The first-order valence-corrected chi connectivity index (χ1v) is 4.41. The van der Waals surface area contributed by atoms with Crippen LogP contribution in [0, 0.1) is 16.7 Å². The van der Waals surface area contributed by atoms with Crippen LogP contribution in [0.15, 0.2) is 12.2 Å². The Morgan fingerprint density at radius 3 is 2.42 bits per heavy atom. The summed E-state index contributed by atoms with van der Waals surface area (Å²) < 4.78 is 0. The lowest BCUT2D eigenvalue weighted by molar-refractivity contribution is -0.152. The zero-order valence-corrected chi connectivity index (χ0v) is 7.50. The minimum atomic E-state index is -0.642. The molecule has 2 aliphatic carbocycles. The fraction of sp³-hybridized carbons (Fsp3) is 0.700. The van der Waals surface area contributed by atoms with Gasteiger partial charge in [0.05, 0.1) is 5.41 Å². The second-order valence-corrected chi connectivity index (χ2v) is 4.58. The predicted molar refractivity (Wildman–Crippen MR) is 45.7 cm³/mol. The number of allylic oxidation sites excluding steroid dienone is 2. The molecule has 2 rings (SSSR count). The van der Waals surface area contributed by atoms with E-state index < -0.39 is 11.4 Å². The lowest BCUT2D eigenvalue weighted by Crippen LogP contribution is -2.38. The molecule has 1 saturated carbocycles. The van der Waals surface area contributed by atoms with Crippen LogP contribution in [-0.2, 0) is 4.79 Å². The van der Waals surface area contributed by atoms with Crippen molar-refractivity contribution in [2.45, 2.75) is 26.7 Å². The lowest BCUT2D eigenvalue weighted by atomic mass is 9.67. The summed E-state index contributed by atoms with van der Waals surface area (Å²) in [5.74, 6) is -0.132. The van der Waals surface area contributed by atoms with E-state index in [0.717, 1.165) is 12.8 Å². The Bertz CT molecular complexity index is 269. The van der Waals surface area contributed by atoms with Crippen molar-refractivity contribution >= 4 is 5.97 Å². The minimum Gasteiger partial charge on any atom is -0.481 e. The van der Waals surface area contributed by atoms with Crippen molar-refractivity contribution in [1.82, 2.24) is 0 Å². The third-order valence-corrected chi connectivity index (χ3v) is 3.83. The second kappa shape index (κ2) is 1.93. The SMILES string of the molecule is CC12C=CC(C1)CC2(C)C(=O)O. The molecular formula is C10H14O2. The number of hydrogen-bond donors (Lipinski definition) is 1. The molecular weight excluding hydrogens is 152 g/mol. The zero-order chi connectivity index (χ0) is 8.98. The number of carboxylic acid groups (broad SMARTS) is 1. The summed E-state index contributed by atoms with van der Waals surface area (Å²) in [6.45, 7) is 3.93. The maximum absolute atomic E-state index is 11.1. The fourth-order valence-corrected chi connectivity index (χ4v) is 2.67. The lowest BCUT2D eigenvalue weighted by Gasteiger charge is -2.35. The van der Waals surface area contributed by atoms with Crippen molar-refractivity contribution in [2.24, 2.45) is 16.7 Å². The molecule has 0 amide bonds. The van der Waals surface area contributed by atoms with E-state index in [1.54, 1.807) is 0 Å². The highest BCUT2D eigenvalue weighted by Crippen LogP contribution is 2.60. The number of hydrogen-bond acceptors (Lipinski definition) is 1. The van der Waals surface area contributed by atoms with Gasteiger partial charge in [0.2, 0.25) is 0 Å². The van der Waals surface area contributed by atoms with Crippen molar-refractivity contribution < 1.29 is 9.90 Å². The molecule has 1 N–H and O–H groups in total. The molecule has 0 aromatic carbocycles. The van der Waals surface area contributed by atoms with Crippen LogP contribution < -0.4 is 0 Å². The van der Waals surface area contributed by atoms with Crippen molar-refractivity contribution in [3.8, 4) is 0 Å². The van der Waals surface area contributed by atoms with E-state index in [1.807, 2.05) is 6.92 Å². The summed E-state index contributed by atoms with van der Waals surface area (Å²) in [4.78, 5) is 11.1. The molecule has 0 saturated heterocycles. The second-order valence-electron chi connectivity index (χ2n) is 4.58. The molecule has 3 atom stereocenters. The molecule has 12 heavy (non-hydrogen) atoms. The summed E-state index contributed by atoms with van der Waals surface area (Å²) in [7, 11) is 0. The number of carbonyl (C=O) groups is 1. The number of rotatable bonds is 1. The van der Waals surface area contributed by atoms with E-state index in [9.17, 15) is 4.79 Å². The smallest absolute Gasteiger partial charge is 0.310 e. The minimum absolute atomic E-state index is 0.0938. The highest BCUT2D eigenvalue weighted by molar-refractivity contribution is 5.77. The van der Waals surface area contributed by atoms with Crippen LogP contribution in [0.25, 0.3) is 0 Å². The Morgan fingerprint density at radius 1 is 1.50 bits per heavy atom. The quantitative estimate of drug-likeness (QED) is 0.605. The molecule has 0 radical (unpaired) electrons. The number of carboxylic acids is 1. The van der Waals surface area contributed by atoms with Gasteiger partial charge in [-0.2, -0.15) is 0 Å². The standard InChI is InChI=1S/C10H14O2/c1-9-4-3-7(5-9)6-10(9,2)8(11)12/h3-4,7H,5-6H2,1-2H3,(H,11,12). The van der Waals surface area contributed by atoms with Crippen LogP contribution in [0.2, 0.25) is 0 Å². The van der Waals surface area contributed by atoms with Gasteiger partial charge in [-0.3, -0.25) is 4.79 Å². The Hall–Kier alpha value is -0.790. The van der Waals surface area contributed by atoms with E-state index in [4.69, 9.17) is 5.11 Å². The van der Waals surface area contributed by atoms with Gasteiger partial charge in [-0.1, -0.05) is 19.1 Å². The average Bonchev–Trinajstić information content (AvgIpc) is 2.42. The third-order valence-electron chi connectivity index (χ3n) is 3.83. The van der Waals surface area contributed by atoms with Gasteiger partial charge in [0.15, 0.2) is 0 Å². The largest absolute Gasteiger partial charge is 0.481 e. The molecule has 66 valence electrons. The van der Waals surface area contributed by atoms with E-state index in [0.29, 0.717) is 5.92 Å². The molecule has 0 spiro atoms. The maximum Gasteiger partial charge on any atom is 0.310 e. The Labute approximate surface area is 72.3 Å². The van der Waals surface area contributed by atoms with Crippen molar-refractivity contribution in [2.75, 3.05) is 0 Å². The number of aliphatic carboxylic acids is 1. The maximum atomic E-state index is 11.1. The Morgan fingerprint density at radius 2 is 2.17 bits per heavy atom. The average molecular weight is 166 g/mol. The summed E-state index contributed by atoms with van der Waals surface area (Å²) in [6, 6.07) is 0. The molecule has 2 nitrogen and oxygen atoms in total. The zero-order valence-electron chi connectivity index (χ0n) is 7.50. The first-order valence-electron chi connectivity index (χ1n) is 4.41. The van der Waals surface area contributed by atoms with Crippen LogP contribution in [0.4, 0.5) is 0 Å². The summed E-state index contributed by atoms with van der Waals surface area (Å²) in [6.07, 6.45) is 6.10. The van der Waals surface area contributed by atoms with Crippen LogP contribution in [0.3, 0.4) is 0 Å². The Kier molecular flexibility index (Phi) is 1.26. The molecule has 2 aliphatic rings. The van der Waals surface area contributed by atoms with Crippen molar-refractivity contribution in [3.05, 3.63) is 12.2 Å². The van der Waals surface area contributed by atoms with Crippen LogP contribution in [-0.4, -0.2) is 11.1 Å². The molecule has 0 aliphatic heterocycles. The van der Waals surface area contributed by atoms with Crippen molar-refractivity contribution in [1.29, 1.82) is 0 Å². The van der Waals surface area contributed by atoms with E-state index in [1.165, 1.54) is 0 Å². The highest BCUT2D eigenvalue weighted by Gasteiger charge is 2.57. The molecule has 3 unspecified atom stereocenters. The first-order chi connectivity index (χ1) is 5.48. The van der Waals surface area contributed by atoms with E-state index in [-0.39, 0.29) is 5.41 Å². The monoisotopic (exact) mass is 166 g/mol. The van der Waals surface area contributed by atoms with Gasteiger partial charge < -0.3 is 5.11 Å². The van der Waals surface area contributed by atoms with Crippen LogP contribution in [0.5, 0.6) is 0 Å². The topological polar surface area (TPSA) is 37.3 Å². The Balaban J connectivity index is 2.43. The van der Waals surface area contributed by atoms with Gasteiger partial charge in [0, 0.05) is 5.41 Å². The molecule has 2 heteroatoms. The van der Waals surface area contributed by atoms with Gasteiger partial charge in [-0.05, 0) is 25.7 Å². The summed E-state index contributed by atoms with van der Waals surface area (Å²) in [5.41, 5.74) is -0.615. The molecule has 2 bridgehead atoms. The highest BCUT2D eigenvalue weighted by atomic mass is 16.4. The van der Waals surface area contributed by atoms with E-state index in [2.05, 4.69) is 19.1 Å². The van der Waals surface area contributed by atoms with Gasteiger partial charge in [0.25, 0.3) is 0 Å². The van der Waals surface area contributed by atoms with Gasteiger partial charge in [-0.15, -0.1) is 0 Å². The molecule has 0 heterocycles.